The van der Waals surface area contributed by atoms with Crippen molar-refractivity contribution in [3.05, 3.63) is 35.4 Å². The van der Waals surface area contributed by atoms with Crippen molar-refractivity contribution >= 4 is 0 Å². The lowest BCUT2D eigenvalue weighted by molar-refractivity contribution is 0.0105. The Bertz CT molecular complexity index is 778. The van der Waals surface area contributed by atoms with E-state index in [9.17, 15) is 5.11 Å². The van der Waals surface area contributed by atoms with Crippen molar-refractivity contribution in [1.82, 2.24) is 4.90 Å². The van der Waals surface area contributed by atoms with Crippen LogP contribution in [0.4, 0.5) is 0 Å². The monoisotopic (exact) mass is 371 g/mol. The molecule has 5 nitrogen and oxygen atoms in total. The normalized spacial score (nSPS) is 38.4. The molecule has 0 aromatic heterocycles. The fourth-order valence-corrected chi connectivity index (χ4v) is 5.97. The number of aliphatic hydroxyl groups is 1. The highest BCUT2D eigenvalue weighted by atomic mass is 16.7. The molecule has 6 unspecified atom stereocenters. The Labute approximate surface area is 160 Å². The number of hydrogen-bond acceptors (Lipinski definition) is 5. The average molecular weight is 371 g/mol. The second-order valence-corrected chi connectivity index (χ2v) is 8.81. The molecule has 5 heteroatoms. The molecule has 2 aliphatic heterocycles. The second kappa shape index (κ2) is 6.23. The molecule has 146 valence electrons. The first-order valence-corrected chi connectivity index (χ1v) is 10.1. The molecule has 1 aromatic rings. The molecule has 0 radical (unpaired) electrons. The highest BCUT2D eigenvalue weighted by molar-refractivity contribution is 5.58. The fourth-order valence-electron chi connectivity index (χ4n) is 5.97. The minimum absolute atomic E-state index is 0.0591. The Kier molecular flexibility index (Phi) is 4.04. The third-order valence-corrected chi connectivity index (χ3v) is 7.00. The van der Waals surface area contributed by atoms with Crippen LogP contribution in [0.15, 0.2) is 24.3 Å². The van der Waals surface area contributed by atoms with Crippen LogP contribution in [0.3, 0.4) is 0 Å². The Morgan fingerprint density at radius 2 is 2.22 bits per heavy atom. The van der Waals surface area contributed by atoms with E-state index in [1.807, 2.05) is 12.1 Å². The second-order valence-electron chi connectivity index (χ2n) is 8.81. The maximum Gasteiger partial charge on any atom is 0.189 e. The SMILES string of the molecule is CCCOCOc1ccc2c3c1OC1C(O)C=CC4(C)CN(C)C(C2)C4C31. The van der Waals surface area contributed by atoms with E-state index in [0.29, 0.717) is 18.6 Å². The first kappa shape index (κ1) is 17.5. The third kappa shape index (κ3) is 2.48. The fraction of sp³-hybridized carbons (Fsp3) is 0.636. The summed E-state index contributed by atoms with van der Waals surface area (Å²) < 4.78 is 17.8. The zero-order chi connectivity index (χ0) is 18.8. The first-order valence-electron chi connectivity index (χ1n) is 10.1. The maximum absolute atomic E-state index is 10.8. The van der Waals surface area contributed by atoms with Crippen LogP contribution in [0, 0.1) is 11.3 Å². The molecule has 6 atom stereocenters. The van der Waals surface area contributed by atoms with Gasteiger partial charge >= 0.3 is 0 Å². The average Bonchev–Trinajstić information content (AvgIpc) is 3.13. The molecule has 0 amide bonds. The van der Waals surface area contributed by atoms with Gasteiger partial charge in [0.1, 0.15) is 12.2 Å². The molecule has 0 saturated carbocycles. The first-order chi connectivity index (χ1) is 13.0. The van der Waals surface area contributed by atoms with Crippen molar-refractivity contribution in [3.8, 4) is 11.5 Å². The van der Waals surface area contributed by atoms with Gasteiger partial charge in [-0.1, -0.05) is 32.1 Å². The van der Waals surface area contributed by atoms with Gasteiger partial charge in [-0.15, -0.1) is 0 Å². The summed E-state index contributed by atoms with van der Waals surface area (Å²) in [7, 11) is 2.23. The van der Waals surface area contributed by atoms with E-state index in [2.05, 4.69) is 37.9 Å². The van der Waals surface area contributed by atoms with E-state index in [4.69, 9.17) is 14.2 Å². The molecule has 2 aliphatic carbocycles. The van der Waals surface area contributed by atoms with Crippen LogP contribution < -0.4 is 9.47 Å². The Balaban J connectivity index is 1.56. The summed E-state index contributed by atoms with van der Waals surface area (Å²) in [6, 6.07) is 4.68. The molecule has 27 heavy (non-hydrogen) atoms. The summed E-state index contributed by atoms with van der Waals surface area (Å²) in [5, 5.41) is 10.8. The molecular formula is C22H29NO4. The van der Waals surface area contributed by atoms with E-state index >= 15 is 0 Å². The lowest BCUT2D eigenvalue weighted by Gasteiger charge is -2.40. The highest BCUT2D eigenvalue weighted by Crippen LogP contribution is 2.61. The minimum atomic E-state index is -0.592. The molecule has 1 fully saturated rings. The van der Waals surface area contributed by atoms with Gasteiger partial charge in [-0.05, 0) is 37.4 Å². The molecule has 1 N–H and O–H groups in total. The van der Waals surface area contributed by atoms with Crippen molar-refractivity contribution in [3.63, 3.8) is 0 Å². The van der Waals surface area contributed by atoms with Crippen molar-refractivity contribution in [2.24, 2.45) is 11.3 Å². The largest absolute Gasteiger partial charge is 0.483 e. The van der Waals surface area contributed by atoms with Gasteiger partial charge in [0, 0.05) is 29.5 Å². The van der Waals surface area contributed by atoms with Gasteiger partial charge in [0.15, 0.2) is 18.3 Å². The predicted molar refractivity (Wildman–Crippen MR) is 102 cm³/mol. The number of likely N-dealkylation sites (N-methyl/N-ethyl adjacent to an activating group) is 1. The van der Waals surface area contributed by atoms with Crippen LogP contribution in [-0.4, -0.2) is 55.2 Å². The minimum Gasteiger partial charge on any atom is -0.483 e. The van der Waals surface area contributed by atoms with Gasteiger partial charge < -0.3 is 24.2 Å². The number of rotatable bonds is 5. The summed E-state index contributed by atoms with van der Waals surface area (Å²) in [6.45, 7) is 6.35. The molecule has 2 heterocycles. The number of ether oxygens (including phenoxy) is 3. The Hall–Kier alpha value is -1.56. The van der Waals surface area contributed by atoms with Crippen molar-refractivity contribution in [1.29, 1.82) is 0 Å². The van der Waals surface area contributed by atoms with Gasteiger partial charge in [0.05, 0.1) is 6.61 Å². The van der Waals surface area contributed by atoms with Gasteiger partial charge in [-0.2, -0.15) is 0 Å². The standard InChI is InChI=1S/C22H29NO4/c1-4-9-25-12-26-16-6-5-13-10-14-19-18-17(13)21(16)27-20(18)15(24)7-8-22(19,2)11-23(14)3/h5-8,14-15,18-20,24H,4,9-12H2,1-3H3. The zero-order valence-electron chi connectivity index (χ0n) is 16.4. The number of likely N-dealkylation sites (tertiary alicyclic amines) is 1. The van der Waals surface area contributed by atoms with Crippen molar-refractivity contribution in [2.45, 2.75) is 50.9 Å². The van der Waals surface area contributed by atoms with E-state index in [1.54, 1.807) is 0 Å². The molecule has 0 bridgehead atoms. The Morgan fingerprint density at radius 1 is 1.37 bits per heavy atom. The lowest BCUT2D eigenvalue weighted by Crippen LogP contribution is -2.44. The smallest absolute Gasteiger partial charge is 0.189 e. The van der Waals surface area contributed by atoms with Gasteiger partial charge in [-0.25, -0.2) is 0 Å². The van der Waals surface area contributed by atoms with Gasteiger partial charge in [-0.3, -0.25) is 0 Å². The molecule has 0 spiro atoms. The zero-order valence-corrected chi connectivity index (χ0v) is 16.4. The van der Waals surface area contributed by atoms with E-state index in [1.165, 1.54) is 11.1 Å². The summed E-state index contributed by atoms with van der Waals surface area (Å²) >= 11 is 0. The molecule has 1 aromatic carbocycles. The third-order valence-electron chi connectivity index (χ3n) is 7.00. The van der Waals surface area contributed by atoms with Crippen molar-refractivity contribution in [2.75, 3.05) is 27.0 Å². The van der Waals surface area contributed by atoms with E-state index < -0.39 is 6.10 Å². The molecular weight excluding hydrogens is 342 g/mol. The number of benzene rings is 1. The molecule has 1 saturated heterocycles. The van der Waals surface area contributed by atoms with E-state index in [0.717, 1.165) is 30.9 Å². The maximum atomic E-state index is 10.8. The summed E-state index contributed by atoms with van der Waals surface area (Å²) in [5.41, 5.74) is 2.66. The van der Waals surface area contributed by atoms with Crippen LogP contribution >= 0.6 is 0 Å². The number of hydrogen-bond donors (Lipinski definition) is 1. The van der Waals surface area contributed by atoms with Gasteiger partial charge in [0.2, 0.25) is 0 Å². The summed E-state index contributed by atoms with van der Waals surface area (Å²) in [4.78, 5) is 2.49. The van der Waals surface area contributed by atoms with Crippen LogP contribution in [-0.2, 0) is 11.2 Å². The predicted octanol–water partition coefficient (Wildman–Crippen LogP) is 2.72. The highest BCUT2D eigenvalue weighted by Gasteiger charge is 2.60. The topological polar surface area (TPSA) is 51.2 Å². The van der Waals surface area contributed by atoms with Crippen LogP contribution in [0.5, 0.6) is 11.5 Å². The van der Waals surface area contributed by atoms with Gasteiger partial charge in [0.25, 0.3) is 0 Å². The van der Waals surface area contributed by atoms with Crippen LogP contribution in [0.25, 0.3) is 0 Å². The molecule has 4 aliphatic rings. The quantitative estimate of drug-likeness (QED) is 0.490. The Morgan fingerprint density at radius 3 is 3.04 bits per heavy atom. The lowest BCUT2D eigenvalue weighted by atomic mass is 9.63. The number of nitrogens with zero attached hydrogens (tertiary/aromatic N) is 1. The molecule has 5 rings (SSSR count). The van der Waals surface area contributed by atoms with Crippen LogP contribution in [0.1, 0.15) is 37.3 Å². The summed E-state index contributed by atoms with van der Waals surface area (Å²) in [6.07, 6.45) is 5.36. The van der Waals surface area contributed by atoms with Crippen molar-refractivity contribution < 1.29 is 19.3 Å². The number of aliphatic hydroxyl groups excluding tert-OH is 1. The van der Waals surface area contributed by atoms with E-state index in [-0.39, 0.29) is 24.2 Å². The van der Waals surface area contributed by atoms with Crippen LogP contribution in [0.2, 0.25) is 0 Å². The summed E-state index contributed by atoms with van der Waals surface area (Å²) in [5.74, 6) is 2.21.